The Bertz CT molecular complexity index is 668. The standard InChI is InChI=1S/C15H19N3O6S/c1-9(24-14(20)11-7-8-12(25-11)18(22)23)13(19)17-15(21)16-10-5-3-2-4-6-10/h7-10H,2-6H2,1H3,(H2,16,17,19,21). The number of carbonyl (C=O) groups excluding carboxylic acids is 3. The molecule has 0 bridgehead atoms. The lowest BCUT2D eigenvalue weighted by Gasteiger charge is -2.23. The fourth-order valence-electron chi connectivity index (χ4n) is 2.49. The fraction of sp³-hybridized carbons (Fsp3) is 0.533. The number of hydrogen-bond donors (Lipinski definition) is 2. The summed E-state index contributed by atoms with van der Waals surface area (Å²) in [5, 5.41) is 15.3. The molecule has 0 spiro atoms. The number of urea groups is 1. The van der Waals surface area contributed by atoms with Gasteiger partial charge in [-0.2, -0.15) is 0 Å². The van der Waals surface area contributed by atoms with Gasteiger partial charge in [-0.3, -0.25) is 20.2 Å². The van der Waals surface area contributed by atoms with Crippen LogP contribution in [0, 0.1) is 10.1 Å². The van der Waals surface area contributed by atoms with E-state index in [-0.39, 0.29) is 15.9 Å². The predicted octanol–water partition coefficient (Wildman–Crippen LogP) is 2.36. The molecular formula is C15H19N3O6S. The van der Waals surface area contributed by atoms with Crippen molar-refractivity contribution in [3.05, 3.63) is 27.1 Å². The third kappa shape index (κ3) is 5.52. The number of ether oxygens (including phenoxy) is 1. The highest BCUT2D eigenvalue weighted by atomic mass is 32.1. The Hall–Kier alpha value is -2.49. The summed E-state index contributed by atoms with van der Waals surface area (Å²) < 4.78 is 4.94. The highest BCUT2D eigenvalue weighted by molar-refractivity contribution is 7.17. The van der Waals surface area contributed by atoms with Gasteiger partial charge in [-0.1, -0.05) is 30.6 Å². The quantitative estimate of drug-likeness (QED) is 0.466. The molecule has 0 radical (unpaired) electrons. The number of imide groups is 1. The minimum absolute atomic E-state index is 0.0120. The molecule has 2 N–H and O–H groups in total. The van der Waals surface area contributed by atoms with E-state index in [1.54, 1.807) is 0 Å². The average Bonchev–Trinajstić information content (AvgIpc) is 3.06. The van der Waals surface area contributed by atoms with E-state index < -0.39 is 28.9 Å². The first-order chi connectivity index (χ1) is 11.9. The maximum absolute atomic E-state index is 11.9. The molecule has 1 aromatic heterocycles. The molecule has 10 heteroatoms. The highest BCUT2D eigenvalue weighted by Gasteiger charge is 2.24. The molecule has 2 rings (SSSR count). The summed E-state index contributed by atoms with van der Waals surface area (Å²) in [6.45, 7) is 1.32. The van der Waals surface area contributed by atoms with Crippen LogP contribution in [0.4, 0.5) is 9.80 Å². The first kappa shape index (κ1) is 18.8. The van der Waals surface area contributed by atoms with Crippen molar-refractivity contribution in [2.75, 3.05) is 0 Å². The van der Waals surface area contributed by atoms with Gasteiger partial charge < -0.3 is 10.1 Å². The van der Waals surface area contributed by atoms with Crippen molar-refractivity contribution >= 4 is 34.2 Å². The van der Waals surface area contributed by atoms with Gasteiger partial charge in [0.05, 0.1) is 4.92 Å². The zero-order chi connectivity index (χ0) is 18.4. The number of thiophene rings is 1. The summed E-state index contributed by atoms with van der Waals surface area (Å²) in [6, 6.07) is 1.87. The molecule has 25 heavy (non-hydrogen) atoms. The molecule has 1 aliphatic rings. The smallest absolute Gasteiger partial charge is 0.349 e. The third-order valence-electron chi connectivity index (χ3n) is 3.80. The lowest BCUT2D eigenvalue weighted by Crippen LogP contribution is -2.48. The zero-order valence-electron chi connectivity index (χ0n) is 13.6. The number of esters is 1. The number of amides is 3. The zero-order valence-corrected chi connectivity index (χ0v) is 14.5. The van der Waals surface area contributed by atoms with Crippen LogP contribution in [0.15, 0.2) is 12.1 Å². The first-order valence-electron chi connectivity index (χ1n) is 7.93. The maximum atomic E-state index is 11.9. The van der Waals surface area contributed by atoms with Gasteiger partial charge >= 0.3 is 17.0 Å². The first-order valence-corrected chi connectivity index (χ1v) is 8.75. The Morgan fingerprint density at radius 2 is 1.96 bits per heavy atom. The van der Waals surface area contributed by atoms with E-state index >= 15 is 0 Å². The number of hydrogen-bond acceptors (Lipinski definition) is 7. The van der Waals surface area contributed by atoms with Crippen molar-refractivity contribution in [3.63, 3.8) is 0 Å². The Labute approximate surface area is 147 Å². The monoisotopic (exact) mass is 369 g/mol. The van der Waals surface area contributed by atoms with E-state index in [0.29, 0.717) is 11.3 Å². The van der Waals surface area contributed by atoms with Crippen LogP contribution in [-0.2, 0) is 9.53 Å². The van der Waals surface area contributed by atoms with Crippen molar-refractivity contribution in [1.82, 2.24) is 10.6 Å². The van der Waals surface area contributed by atoms with Gasteiger partial charge in [0.15, 0.2) is 6.10 Å². The van der Waals surface area contributed by atoms with Crippen LogP contribution in [0.5, 0.6) is 0 Å². The molecule has 1 atom stereocenters. The average molecular weight is 369 g/mol. The van der Waals surface area contributed by atoms with Crippen LogP contribution in [0.3, 0.4) is 0 Å². The molecular weight excluding hydrogens is 350 g/mol. The maximum Gasteiger partial charge on any atom is 0.349 e. The Balaban J connectivity index is 1.81. The molecule has 1 aliphatic carbocycles. The third-order valence-corrected chi connectivity index (χ3v) is 4.82. The van der Waals surface area contributed by atoms with Crippen molar-refractivity contribution < 1.29 is 24.0 Å². The van der Waals surface area contributed by atoms with Gasteiger partial charge in [-0.25, -0.2) is 9.59 Å². The van der Waals surface area contributed by atoms with Crippen LogP contribution < -0.4 is 10.6 Å². The predicted molar refractivity (Wildman–Crippen MR) is 89.4 cm³/mol. The van der Waals surface area contributed by atoms with E-state index in [1.165, 1.54) is 19.1 Å². The van der Waals surface area contributed by atoms with Crippen molar-refractivity contribution in [2.24, 2.45) is 0 Å². The largest absolute Gasteiger partial charge is 0.448 e. The van der Waals surface area contributed by atoms with Gasteiger partial charge in [0.2, 0.25) is 0 Å². The highest BCUT2D eigenvalue weighted by Crippen LogP contribution is 2.24. The second-order valence-electron chi connectivity index (χ2n) is 5.74. The number of carbonyl (C=O) groups is 3. The summed E-state index contributed by atoms with van der Waals surface area (Å²) >= 11 is 0.655. The van der Waals surface area contributed by atoms with Gasteiger partial charge in [0.1, 0.15) is 4.88 Å². The normalized spacial score (nSPS) is 15.9. The molecule has 1 saturated carbocycles. The van der Waals surface area contributed by atoms with Crippen LogP contribution in [0.2, 0.25) is 0 Å². The summed E-state index contributed by atoms with van der Waals surface area (Å²) in [5.41, 5.74) is 0. The number of nitrogens with one attached hydrogen (secondary N) is 2. The molecule has 1 unspecified atom stereocenters. The molecule has 1 fully saturated rings. The van der Waals surface area contributed by atoms with Gasteiger partial charge in [-0.15, -0.1) is 0 Å². The lowest BCUT2D eigenvalue weighted by atomic mass is 9.96. The minimum Gasteiger partial charge on any atom is -0.448 e. The Morgan fingerprint density at radius 3 is 2.56 bits per heavy atom. The minimum atomic E-state index is -1.20. The van der Waals surface area contributed by atoms with Crippen molar-refractivity contribution in [1.29, 1.82) is 0 Å². The summed E-state index contributed by atoms with van der Waals surface area (Å²) in [7, 11) is 0. The molecule has 136 valence electrons. The number of nitrogens with zero attached hydrogens (tertiary/aromatic N) is 1. The van der Waals surface area contributed by atoms with Crippen LogP contribution in [-0.4, -0.2) is 35.0 Å². The molecule has 9 nitrogen and oxygen atoms in total. The van der Waals surface area contributed by atoms with Gasteiger partial charge in [0, 0.05) is 12.1 Å². The Kier molecular flexibility index (Phi) is 6.45. The number of rotatable bonds is 5. The van der Waals surface area contributed by atoms with Crippen LogP contribution in [0.25, 0.3) is 0 Å². The van der Waals surface area contributed by atoms with Crippen LogP contribution >= 0.6 is 11.3 Å². The summed E-state index contributed by atoms with van der Waals surface area (Å²) in [6.07, 6.45) is 3.78. The van der Waals surface area contributed by atoms with E-state index in [2.05, 4.69) is 10.6 Å². The van der Waals surface area contributed by atoms with Crippen LogP contribution in [0.1, 0.15) is 48.7 Å². The van der Waals surface area contributed by atoms with E-state index in [1.807, 2.05) is 0 Å². The van der Waals surface area contributed by atoms with E-state index in [4.69, 9.17) is 4.74 Å². The fourth-order valence-corrected chi connectivity index (χ4v) is 3.19. The molecule has 0 aliphatic heterocycles. The van der Waals surface area contributed by atoms with Gasteiger partial charge in [0.25, 0.3) is 5.91 Å². The van der Waals surface area contributed by atoms with Crippen molar-refractivity contribution in [2.45, 2.75) is 51.2 Å². The molecule has 1 aromatic rings. The summed E-state index contributed by atoms with van der Waals surface area (Å²) in [5.74, 6) is -1.61. The lowest BCUT2D eigenvalue weighted by molar-refractivity contribution is -0.380. The molecule has 0 aromatic carbocycles. The van der Waals surface area contributed by atoms with Crippen molar-refractivity contribution in [3.8, 4) is 0 Å². The molecule has 3 amide bonds. The van der Waals surface area contributed by atoms with E-state index in [0.717, 1.165) is 32.1 Å². The second-order valence-corrected chi connectivity index (χ2v) is 6.80. The SMILES string of the molecule is CC(OC(=O)c1ccc([N+](=O)[O-])s1)C(=O)NC(=O)NC1CCCCC1. The van der Waals surface area contributed by atoms with E-state index in [9.17, 15) is 24.5 Å². The van der Waals surface area contributed by atoms with Gasteiger partial charge in [-0.05, 0) is 25.8 Å². The second kappa shape index (κ2) is 8.56. The topological polar surface area (TPSA) is 128 Å². The Morgan fingerprint density at radius 1 is 1.28 bits per heavy atom. The number of nitro groups is 1. The molecule has 0 saturated heterocycles. The summed E-state index contributed by atoms with van der Waals surface area (Å²) in [4.78, 5) is 45.6. The molecule has 1 heterocycles.